The minimum Gasteiger partial charge on any atom is -0.454 e. The average Bonchev–Trinajstić information content (AvgIpc) is 3.28. The first-order valence-electron chi connectivity index (χ1n) is 7.81. The van der Waals surface area contributed by atoms with E-state index < -0.39 is 0 Å². The van der Waals surface area contributed by atoms with Crippen LogP contribution >= 0.6 is 0 Å². The molecule has 0 spiro atoms. The van der Waals surface area contributed by atoms with Crippen LogP contribution < -0.4 is 5.32 Å². The summed E-state index contributed by atoms with van der Waals surface area (Å²) in [5.41, 5.74) is 0. The molecule has 1 N–H and O–H groups in total. The normalized spacial score (nSPS) is 21.7. The van der Waals surface area contributed by atoms with E-state index in [4.69, 9.17) is 9.15 Å². The van der Waals surface area contributed by atoms with Gasteiger partial charge in [-0.1, -0.05) is 6.92 Å². The molecule has 124 valence electrons. The van der Waals surface area contributed by atoms with Gasteiger partial charge in [0.15, 0.2) is 5.76 Å². The zero-order chi connectivity index (χ0) is 16.2. The van der Waals surface area contributed by atoms with Gasteiger partial charge in [-0.3, -0.25) is 14.4 Å². The van der Waals surface area contributed by atoms with Crippen molar-refractivity contribution in [2.45, 2.75) is 25.6 Å². The summed E-state index contributed by atoms with van der Waals surface area (Å²) in [6.45, 7) is 5.18. The Hall–Kier alpha value is -2.12. The molecule has 1 aliphatic rings. The number of carbonyl (C=O) groups excluding carboxylic acids is 1. The van der Waals surface area contributed by atoms with Crippen LogP contribution in [-0.4, -0.2) is 59.5 Å². The number of hydrogen-bond donors (Lipinski definition) is 1. The molecule has 0 saturated carbocycles. The van der Waals surface area contributed by atoms with Crippen LogP contribution in [0.2, 0.25) is 0 Å². The van der Waals surface area contributed by atoms with Crippen molar-refractivity contribution in [2.75, 3.05) is 26.7 Å². The third kappa shape index (κ3) is 3.62. The summed E-state index contributed by atoms with van der Waals surface area (Å²) in [5.74, 6) is 0.808. The SMILES string of the molecule is CCN1C[C@H](NC(=O)c2ccc(Cn3cccn3)o2)[C@@H](OC)C1. The molecule has 0 unspecified atom stereocenters. The number of methoxy groups -OCH3 is 1. The van der Waals surface area contributed by atoms with Gasteiger partial charge in [-0.25, -0.2) is 0 Å². The first-order chi connectivity index (χ1) is 11.2. The van der Waals surface area contributed by atoms with Crippen molar-refractivity contribution < 1.29 is 13.9 Å². The fourth-order valence-corrected chi connectivity index (χ4v) is 2.87. The van der Waals surface area contributed by atoms with Crippen LogP contribution in [0.4, 0.5) is 0 Å². The molecule has 23 heavy (non-hydrogen) atoms. The predicted molar refractivity (Wildman–Crippen MR) is 84.2 cm³/mol. The second-order valence-electron chi connectivity index (χ2n) is 5.68. The van der Waals surface area contributed by atoms with Crippen LogP contribution in [0.1, 0.15) is 23.2 Å². The van der Waals surface area contributed by atoms with Crippen LogP contribution in [-0.2, 0) is 11.3 Å². The maximum atomic E-state index is 12.4. The van der Waals surface area contributed by atoms with Gasteiger partial charge < -0.3 is 14.5 Å². The molecule has 7 heteroatoms. The van der Waals surface area contributed by atoms with Gasteiger partial charge in [0, 0.05) is 32.6 Å². The van der Waals surface area contributed by atoms with Gasteiger partial charge in [0.2, 0.25) is 0 Å². The highest BCUT2D eigenvalue weighted by Crippen LogP contribution is 2.15. The van der Waals surface area contributed by atoms with Crippen molar-refractivity contribution in [3.05, 3.63) is 42.1 Å². The highest BCUT2D eigenvalue weighted by molar-refractivity contribution is 5.91. The zero-order valence-electron chi connectivity index (χ0n) is 13.4. The lowest BCUT2D eigenvalue weighted by atomic mass is 10.2. The lowest BCUT2D eigenvalue weighted by Crippen LogP contribution is -2.43. The molecule has 3 heterocycles. The molecule has 0 aromatic carbocycles. The summed E-state index contributed by atoms with van der Waals surface area (Å²) in [7, 11) is 1.68. The molecule has 2 aromatic heterocycles. The summed E-state index contributed by atoms with van der Waals surface area (Å²) in [5, 5.41) is 7.13. The van der Waals surface area contributed by atoms with Crippen LogP contribution in [0.25, 0.3) is 0 Å². The number of rotatable bonds is 6. The molecule has 1 saturated heterocycles. The number of nitrogens with zero attached hydrogens (tertiary/aromatic N) is 3. The number of carbonyl (C=O) groups is 1. The van der Waals surface area contributed by atoms with Gasteiger partial charge in [0.25, 0.3) is 5.91 Å². The van der Waals surface area contributed by atoms with Crippen LogP contribution in [0, 0.1) is 0 Å². The van der Waals surface area contributed by atoms with E-state index in [0.29, 0.717) is 18.1 Å². The second kappa shape index (κ2) is 6.97. The molecule has 0 aliphatic carbocycles. The smallest absolute Gasteiger partial charge is 0.287 e. The summed E-state index contributed by atoms with van der Waals surface area (Å²) in [6, 6.07) is 5.33. The quantitative estimate of drug-likeness (QED) is 0.859. The summed E-state index contributed by atoms with van der Waals surface area (Å²) in [4.78, 5) is 14.6. The summed E-state index contributed by atoms with van der Waals surface area (Å²) in [6.07, 6.45) is 3.57. The van der Waals surface area contributed by atoms with Gasteiger partial charge in [-0.05, 0) is 24.7 Å². The number of ether oxygens (including phenoxy) is 1. The van der Waals surface area contributed by atoms with Gasteiger partial charge >= 0.3 is 0 Å². The van der Waals surface area contributed by atoms with Crippen LogP contribution in [0.3, 0.4) is 0 Å². The number of nitrogens with one attached hydrogen (secondary N) is 1. The minimum atomic E-state index is -0.207. The first-order valence-corrected chi connectivity index (χ1v) is 7.81. The van der Waals surface area contributed by atoms with Crippen molar-refractivity contribution in [3.63, 3.8) is 0 Å². The van der Waals surface area contributed by atoms with Crippen molar-refractivity contribution >= 4 is 5.91 Å². The molecule has 1 fully saturated rings. The Bertz CT molecular complexity index is 638. The highest BCUT2D eigenvalue weighted by atomic mass is 16.5. The Balaban J connectivity index is 1.61. The van der Waals surface area contributed by atoms with E-state index >= 15 is 0 Å². The molecule has 0 bridgehead atoms. The van der Waals surface area contributed by atoms with E-state index in [0.717, 1.165) is 19.6 Å². The Kier molecular flexibility index (Phi) is 4.78. The topological polar surface area (TPSA) is 72.5 Å². The summed E-state index contributed by atoms with van der Waals surface area (Å²) < 4.78 is 12.8. The Labute approximate surface area is 135 Å². The molecule has 7 nitrogen and oxygen atoms in total. The lowest BCUT2D eigenvalue weighted by Gasteiger charge is -2.17. The fourth-order valence-electron chi connectivity index (χ4n) is 2.87. The molecular weight excluding hydrogens is 296 g/mol. The molecule has 1 aliphatic heterocycles. The largest absolute Gasteiger partial charge is 0.454 e. The Morgan fingerprint density at radius 2 is 2.35 bits per heavy atom. The lowest BCUT2D eigenvalue weighted by molar-refractivity contribution is 0.0743. The number of aromatic nitrogens is 2. The predicted octanol–water partition coefficient (Wildman–Crippen LogP) is 0.973. The number of amides is 1. The third-order valence-corrected chi connectivity index (χ3v) is 4.17. The van der Waals surface area contributed by atoms with E-state index in [1.807, 2.05) is 12.3 Å². The number of likely N-dealkylation sites (N-methyl/N-ethyl adjacent to an activating group) is 1. The molecule has 2 aromatic rings. The van der Waals surface area contributed by atoms with Crippen LogP contribution in [0.15, 0.2) is 35.0 Å². The van der Waals surface area contributed by atoms with E-state index in [2.05, 4.69) is 22.2 Å². The van der Waals surface area contributed by atoms with Crippen molar-refractivity contribution in [2.24, 2.45) is 0 Å². The van der Waals surface area contributed by atoms with E-state index in [-0.39, 0.29) is 18.1 Å². The van der Waals surface area contributed by atoms with Gasteiger partial charge in [-0.2, -0.15) is 5.10 Å². The minimum absolute atomic E-state index is 0.0115. The van der Waals surface area contributed by atoms with Crippen LogP contribution in [0.5, 0.6) is 0 Å². The summed E-state index contributed by atoms with van der Waals surface area (Å²) >= 11 is 0. The molecule has 3 rings (SSSR count). The van der Waals surface area contributed by atoms with Crippen molar-refractivity contribution in [1.82, 2.24) is 20.0 Å². The molecule has 2 atom stereocenters. The Morgan fingerprint density at radius 1 is 1.48 bits per heavy atom. The number of furan rings is 1. The standard InChI is InChI=1S/C16H22N4O3/c1-3-19-10-13(15(11-19)22-2)18-16(21)14-6-5-12(23-14)9-20-8-4-7-17-20/h4-8,13,15H,3,9-11H2,1-2H3,(H,18,21)/t13-,15-/m0/s1. The maximum Gasteiger partial charge on any atom is 0.287 e. The average molecular weight is 318 g/mol. The molecule has 0 radical (unpaired) electrons. The third-order valence-electron chi connectivity index (χ3n) is 4.17. The van der Waals surface area contributed by atoms with Crippen molar-refractivity contribution in [1.29, 1.82) is 0 Å². The van der Waals surface area contributed by atoms with Crippen molar-refractivity contribution in [3.8, 4) is 0 Å². The maximum absolute atomic E-state index is 12.4. The van der Waals surface area contributed by atoms with Gasteiger partial charge in [0.1, 0.15) is 5.76 Å². The van der Waals surface area contributed by atoms with Gasteiger partial charge in [0.05, 0.1) is 18.7 Å². The number of likely N-dealkylation sites (tertiary alicyclic amines) is 1. The first kappa shape index (κ1) is 15.8. The van der Waals surface area contributed by atoms with Gasteiger partial charge in [-0.15, -0.1) is 0 Å². The molecular formula is C16H22N4O3. The fraction of sp³-hybridized carbons (Fsp3) is 0.500. The van der Waals surface area contributed by atoms with E-state index in [1.165, 1.54) is 0 Å². The molecule has 1 amide bonds. The number of hydrogen-bond acceptors (Lipinski definition) is 5. The Morgan fingerprint density at radius 3 is 3.04 bits per heavy atom. The second-order valence-corrected chi connectivity index (χ2v) is 5.68. The zero-order valence-corrected chi connectivity index (χ0v) is 13.4. The van der Waals surface area contributed by atoms with E-state index in [1.54, 1.807) is 30.1 Å². The van der Waals surface area contributed by atoms with E-state index in [9.17, 15) is 4.79 Å². The monoisotopic (exact) mass is 318 g/mol. The highest BCUT2D eigenvalue weighted by Gasteiger charge is 2.33.